The largest absolute Gasteiger partial charge is 0.459 e. The van der Waals surface area contributed by atoms with Crippen LogP contribution in [0, 0.1) is 5.92 Å². The molecule has 4 heteroatoms. The highest BCUT2D eigenvalue weighted by Gasteiger charge is 2.25. The van der Waals surface area contributed by atoms with Crippen LogP contribution in [0.15, 0.2) is 34.8 Å². The van der Waals surface area contributed by atoms with Crippen LogP contribution in [0.4, 0.5) is 0 Å². The van der Waals surface area contributed by atoms with Crippen molar-refractivity contribution in [1.82, 2.24) is 5.32 Å². The molecule has 0 spiro atoms. The number of esters is 1. The number of rotatable bonds is 7. The first-order chi connectivity index (χ1) is 10.7. The van der Waals surface area contributed by atoms with Gasteiger partial charge in [-0.05, 0) is 50.8 Å². The molecule has 128 valence electrons. The zero-order valence-corrected chi connectivity index (χ0v) is 16.3. The van der Waals surface area contributed by atoms with Crippen molar-refractivity contribution >= 4 is 28.0 Å². The number of ether oxygens (including phenoxy) is 1. The van der Waals surface area contributed by atoms with E-state index in [1.807, 2.05) is 57.2 Å². The monoisotopic (exact) mass is 381 g/mol. The average molecular weight is 382 g/mol. The number of nitrogens with one attached hydrogen (secondary N) is 1. The van der Waals surface area contributed by atoms with Crippen molar-refractivity contribution < 1.29 is 9.53 Å². The van der Waals surface area contributed by atoms with Gasteiger partial charge in [-0.3, -0.25) is 4.79 Å². The number of benzene rings is 1. The molecule has 1 aromatic rings. The Bertz CT molecular complexity index is 515. The van der Waals surface area contributed by atoms with Crippen LogP contribution in [-0.4, -0.2) is 24.2 Å². The van der Waals surface area contributed by atoms with Crippen LogP contribution in [0.1, 0.15) is 46.6 Å². The predicted octanol–water partition coefficient (Wildman–Crippen LogP) is 4.81. The lowest BCUT2D eigenvalue weighted by molar-refractivity contribution is -0.157. The van der Waals surface area contributed by atoms with Crippen LogP contribution in [0.3, 0.4) is 0 Å². The zero-order valence-electron chi connectivity index (χ0n) is 14.7. The minimum atomic E-state index is -0.457. The molecule has 1 rings (SSSR count). The van der Waals surface area contributed by atoms with Crippen LogP contribution in [0.25, 0.3) is 6.08 Å². The number of carbonyl (C=O) groups excluding carboxylic acids is 1. The van der Waals surface area contributed by atoms with E-state index < -0.39 is 5.60 Å². The molecule has 0 bridgehead atoms. The Morgan fingerprint density at radius 3 is 2.39 bits per heavy atom. The quantitative estimate of drug-likeness (QED) is 0.688. The Balaban J connectivity index is 2.56. The lowest BCUT2D eigenvalue weighted by Crippen LogP contribution is -2.42. The molecule has 0 aliphatic rings. The third kappa shape index (κ3) is 8.92. The lowest BCUT2D eigenvalue weighted by Gasteiger charge is -2.25. The summed E-state index contributed by atoms with van der Waals surface area (Å²) < 4.78 is 6.56. The number of hydrogen-bond donors (Lipinski definition) is 1. The van der Waals surface area contributed by atoms with E-state index in [2.05, 4.69) is 35.1 Å². The smallest absolute Gasteiger partial charge is 0.323 e. The molecule has 0 aliphatic carbocycles. The first-order valence-electron chi connectivity index (χ1n) is 8.06. The van der Waals surface area contributed by atoms with Gasteiger partial charge in [0.1, 0.15) is 11.6 Å². The third-order valence-electron chi connectivity index (χ3n) is 3.06. The zero-order chi connectivity index (χ0) is 17.5. The highest BCUT2D eigenvalue weighted by atomic mass is 79.9. The van der Waals surface area contributed by atoms with E-state index in [-0.39, 0.29) is 12.0 Å². The number of carbonyl (C=O) groups is 1. The average Bonchev–Trinajstić information content (AvgIpc) is 2.41. The van der Waals surface area contributed by atoms with Crippen LogP contribution in [-0.2, 0) is 9.53 Å². The minimum Gasteiger partial charge on any atom is -0.459 e. The maximum absolute atomic E-state index is 12.3. The van der Waals surface area contributed by atoms with E-state index in [4.69, 9.17) is 4.74 Å². The first kappa shape index (κ1) is 19.9. The molecule has 1 aromatic carbocycles. The minimum absolute atomic E-state index is 0.178. The van der Waals surface area contributed by atoms with E-state index in [1.54, 1.807) is 0 Å². The van der Waals surface area contributed by atoms with Crippen LogP contribution in [0.2, 0.25) is 0 Å². The predicted molar refractivity (Wildman–Crippen MR) is 100 cm³/mol. The highest BCUT2D eigenvalue weighted by molar-refractivity contribution is 9.10. The molecule has 0 aromatic heterocycles. The fourth-order valence-electron chi connectivity index (χ4n) is 2.09. The Hall–Kier alpha value is -1.13. The van der Waals surface area contributed by atoms with E-state index in [0.29, 0.717) is 12.5 Å². The van der Waals surface area contributed by atoms with Crippen molar-refractivity contribution in [1.29, 1.82) is 0 Å². The second-order valence-electron chi connectivity index (χ2n) is 7.08. The third-order valence-corrected chi connectivity index (χ3v) is 3.59. The van der Waals surface area contributed by atoms with Crippen LogP contribution in [0.5, 0.6) is 0 Å². The molecule has 0 saturated heterocycles. The standard InChI is InChI=1S/C19H28BrNO2/c1-14(2)13-17(18(22)23-19(3,4)5)21-12-6-7-15-8-10-16(20)11-9-15/h6-11,14,17,21H,12-13H2,1-5H3/t17-/m0/s1. The molecule has 0 amide bonds. The van der Waals surface area contributed by atoms with Gasteiger partial charge in [0.25, 0.3) is 0 Å². The second-order valence-corrected chi connectivity index (χ2v) is 7.99. The van der Waals surface area contributed by atoms with Crippen molar-refractivity contribution in [2.45, 2.75) is 52.7 Å². The van der Waals surface area contributed by atoms with Gasteiger partial charge in [0, 0.05) is 11.0 Å². The Labute approximate surface area is 148 Å². The molecule has 0 aliphatic heterocycles. The lowest BCUT2D eigenvalue weighted by atomic mass is 10.0. The van der Waals surface area contributed by atoms with Crippen LogP contribution >= 0.6 is 15.9 Å². The Kier molecular flexibility index (Phi) is 8.00. The summed E-state index contributed by atoms with van der Waals surface area (Å²) in [6, 6.07) is 7.83. The SMILES string of the molecule is CC(C)C[C@H](NCC=Cc1ccc(Br)cc1)C(=O)OC(C)(C)C. The summed E-state index contributed by atoms with van der Waals surface area (Å²) in [5, 5.41) is 3.28. The summed E-state index contributed by atoms with van der Waals surface area (Å²) in [6.07, 6.45) is 4.84. The van der Waals surface area contributed by atoms with Gasteiger partial charge in [0.05, 0.1) is 0 Å². The molecular formula is C19H28BrNO2. The molecule has 3 nitrogen and oxygen atoms in total. The van der Waals surface area contributed by atoms with E-state index in [1.165, 1.54) is 0 Å². The topological polar surface area (TPSA) is 38.3 Å². The van der Waals surface area contributed by atoms with Crippen molar-refractivity contribution in [3.05, 3.63) is 40.4 Å². The summed E-state index contributed by atoms with van der Waals surface area (Å²) in [5.74, 6) is 0.249. The number of halogens is 1. The number of hydrogen-bond acceptors (Lipinski definition) is 3. The van der Waals surface area contributed by atoms with E-state index in [0.717, 1.165) is 16.5 Å². The van der Waals surface area contributed by atoms with Gasteiger partial charge in [-0.1, -0.05) is 54.1 Å². The summed E-state index contributed by atoms with van der Waals surface area (Å²) in [4.78, 5) is 12.3. The van der Waals surface area contributed by atoms with E-state index in [9.17, 15) is 4.79 Å². The first-order valence-corrected chi connectivity index (χ1v) is 8.85. The molecule has 1 atom stereocenters. The van der Waals surface area contributed by atoms with Crippen LogP contribution < -0.4 is 5.32 Å². The molecular weight excluding hydrogens is 354 g/mol. The normalized spacial score (nSPS) is 13.5. The summed E-state index contributed by atoms with van der Waals surface area (Å²) in [6.45, 7) is 10.5. The van der Waals surface area contributed by atoms with Crippen molar-refractivity contribution in [3.8, 4) is 0 Å². The summed E-state index contributed by atoms with van der Waals surface area (Å²) in [5.41, 5.74) is 0.675. The fraction of sp³-hybridized carbons (Fsp3) is 0.526. The van der Waals surface area contributed by atoms with Crippen molar-refractivity contribution in [2.75, 3.05) is 6.54 Å². The maximum atomic E-state index is 12.3. The molecule has 0 heterocycles. The van der Waals surface area contributed by atoms with Gasteiger partial charge in [-0.25, -0.2) is 0 Å². The van der Waals surface area contributed by atoms with Gasteiger partial charge in [0.2, 0.25) is 0 Å². The Morgan fingerprint density at radius 2 is 1.87 bits per heavy atom. The molecule has 23 heavy (non-hydrogen) atoms. The van der Waals surface area contributed by atoms with Gasteiger partial charge in [0.15, 0.2) is 0 Å². The van der Waals surface area contributed by atoms with Crippen molar-refractivity contribution in [3.63, 3.8) is 0 Å². The van der Waals surface area contributed by atoms with Gasteiger partial charge in [-0.15, -0.1) is 0 Å². The molecule has 1 N–H and O–H groups in total. The molecule has 0 saturated carbocycles. The second kappa shape index (κ2) is 9.24. The molecule has 0 radical (unpaired) electrons. The molecule has 0 fully saturated rings. The van der Waals surface area contributed by atoms with Crippen molar-refractivity contribution in [2.24, 2.45) is 5.92 Å². The van der Waals surface area contributed by atoms with Gasteiger partial charge >= 0.3 is 5.97 Å². The van der Waals surface area contributed by atoms with Gasteiger partial charge < -0.3 is 10.1 Å². The highest BCUT2D eigenvalue weighted by Crippen LogP contribution is 2.13. The molecule has 0 unspecified atom stereocenters. The fourth-order valence-corrected chi connectivity index (χ4v) is 2.35. The summed E-state index contributed by atoms with van der Waals surface area (Å²) in [7, 11) is 0. The summed E-state index contributed by atoms with van der Waals surface area (Å²) >= 11 is 3.42. The maximum Gasteiger partial charge on any atom is 0.323 e. The van der Waals surface area contributed by atoms with E-state index >= 15 is 0 Å². The Morgan fingerprint density at radius 1 is 1.26 bits per heavy atom. The van der Waals surface area contributed by atoms with Gasteiger partial charge in [-0.2, -0.15) is 0 Å².